The molecule has 0 aliphatic heterocycles. The SMILES string of the molecule is Cc1ccc(C)c(O[C@H](C)C(=O)Nc2ccc(S(=O)(=O)Nc3cccnc3)cc2)c1. The van der Waals surface area contributed by atoms with Crippen molar-refractivity contribution in [2.45, 2.75) is 31.8 Å². The van der Waals surface area contributed by atoms with Crippen LogP contribution in [0.25, 0.3) is 0 Å². The lowest BCUT2D eigenvalue weighted by Crippen LogP contribution is -2.30. The van der Waals surface area contributed by atoms with Gasteiger partial charge in [-0.1, -0.05) is 12.1 Å². The van der Waals surface area contributed by atoms with E-state index in [-0.39, 0.29) is 10.8 Å². The Morgan fingerprint density at radius 2 is 1.77 bits per heavy atom. The summed E-state index contributed by atoms with van der Waals surface area (Å²) >= 11 is 0. The Bertz CT molecular complexity index is 1130. The molecule has 0 unspecified atom stereocenters. The van der Waals surface area contributed by atoms with Gasteiger partial charge in [0.25, 0.3) is 15.9 Å². The van der Waals surface area contributed by atoms with E-state index in [9.17, 15) is 13.2 Å². The third-order valence-electron chi connectivity index (χ3n) is 4.36. The van der Waals surface area contributed by atoms with Crippen LogP contribution in [-0.2, 0) is 14.8 Å². The van der Waals surface area contributed by atoms with Crippen LogP contribution < -0.4 is 14.8 Å². The number of pyridine rings is 1. The second kappa shape index (κ2) is 8.96. The standard InChI is InChI=1S/C22H23N3O4S/c1-15-6-7-16(2)21(13-15)29-17(3)22(26)24-18-8-10-20(11-9-18)30(27,28)25-19-5-4-12-23-14-19/h4-14,17,25H,1-3H3,(H,24,26)/t17-/m1/s1. The van der Waals surface area contributed by atoms with Crippen molar-refractivity contribution in [1.29, 1.82) is 0 Å². The van der Waals surface area contributed by atoms with Crippen molar-refractivity contribution in [2.75, 3.05) is 10.0 Å². The molecule has 0 saturated carbocycles. The Kier molecular flexibility index (Phi) is 6.37. The van der Waals surface area contributed by atoms with E-state index in [2.05, 4.69) is 15.0 Å². The van der Waals surface area contributed by atoms with Gasteiger partial charge in [-0.2, -0.15) is 0 Å². The highest BCUT2D eigenvalue weighted by Crippen LogP contribution is 2.21. The highest BCUT2D eigenvalue weighted by molar-refractivity contribution is 7.92. The molecular weight excluding hydrogens is 402 g/mol. The molecule has 0 spiro atoms. The highest BCUT2D eigenvalue weighted by atomic mass is 32.2. The summed E-state index contributed by atoms with van der Waals surface area (Å²) in [6.07, 6.45) is 2.25. The Morgan fingerprint density at radius 1 is 1.03 bits per heavy atom. The largest absolute Gasteiger partial charge is 0.481 e. The Balaban J connectivity index is 1.64. The van der Waals surface area contributed by atoms with Crippen LogP contribution in [0.1, 0.15) is 18.1 Å². The molecule has 3 rings (SSSR count). The third-order valence-corrected chi connectivity index (χ3v) is 5.76. The summed E-state index contributed by atoms with van der Waals surface area (Å²) in [5, 5.41) is 2.74. The van der Waals surface area contributed by atoms with Crippen molar-refractivity contribution >= 4 is 27.3 Å². The van der Waals surface area contributed by atoms with Gasteiger partial charge in [-0.3, -0.25) is 14.5 Å². The van der Waals surface area contributed by atoms with Crippen LogP contribution in [0, 0.1) is 13.8 Å². The van der Waals surface area contributed by atoms with Crippen molar-refractivity contribution in [3.8, 4) is 5.75 Å². The molecule has 3 aromatic rings. The number of aromatic nitrogens is 1. The fourth-order valence-corrected chi connectivity index (χ4v) is 3.72. The van der Waals surface area contributed by atoms with Crippen LogP contribution in [0.3, 0.4) is 0 Å². The molecule has 0 radical (unpaired) electrons. The van der Waals surface area contributed by atoms with Gasteiger partial charge in [0.05, 0.1) is 16.8 Å². The van der Waals surface area contributed by atoms with Crippen LogP contribution >= 0.6 is 0 Å². The molecule has 2 aromatic carbocycles. The number of rotatable bonds is 7. The summed E-state index contributed by atoms with van der Waals surface area (Å²) in [7, 11) is -3.75. The summed E-state index contributed by atoms with van der Waals surface area (Å²) in [6.45, 7) is 5.53. The number of ether oxygens (including phenoxy) is 1. The van der Waals surface area contributed by atoms with Crippen LogP contribution in [0.15, 0.2) is 71.9 Å². The number of nitrogens with one attached hydrogen (secondary N) is 2. The second-order valence-corrected chi connectivity index (χ2v) is 8.57. The average molecular weight is 426 g/mol. The van der Waals surface area contributed by atoms with E-state index in [0.29, 0.717) is 17.1 Å². The molecule has 0 bridgehead atoms. The van der Waals surface area contributed by atoms with Gasteiger partial charge >= 0.3 is 0 Å². The van der Waals surface area contributed by atoms with E-state index in [0.717, 1.165) is 11.1 Å². The fraction of sp³-hybridized carbons (Fsp3) is 0.182. The monoisotopic (exact) mass is 425 g/mol. The number of aryl methyl sites for hydroxylation is 2. The maximum atomic E-state index is 12.5. The maximum Gasteiger partial charge on any atom is 0.265 e. The lowest BCUT2D eigenvalue weighted by molar-refractivity contribution is -0.122. The van der Waals surface area contributed by atoms with E-state index in [1.54, 1.807) is 25.3 Å². The van der Waals surface area contributed by atoms with Crippen LogP contribution in [0.4, 0.5) is 11.4 Å². The predicted molar refractivity (Wildman–Crippen MR) is 116 cm³/mol. The number of carbonyl (C=O) groups is 1. The van der Waals surface area contributed by atoms with E-state index < -0.39 is 16.1 Å². The Labute approximate surface area is 176 Å². The first kappa shape index (κ1) is 21.3. The average Bonchev–Trinajstić information content (AvgIpc) is 2.71. The molecule has 0 aliphatic rings. The van der Waals surface area contributed by atoms with Crippen LogP contribution in [-0.4, -0.2) is 25.4 Å². The fourth-order valence-electron chi connectivity index (χ4n) is 2.68. The quantitative estimate of drug-likeness (QED) is 0.598. The zero-order valence-electron chi connectivity index (χ0n) is 16.9. The van der Waals surface area contributed by atoms with Gasteiger partial charge in [0, 0.05) is 11.9 Å². The van der Waals surface area contributed by atoms with Crippen molar-refractivity contribution in [3.63, 3.8) is 0 Å². The minimum atomic E-state index is -3.75. The topological polar surface area (TPSA) is 97.4 Å². The lowest BCUT2D eigenvalue weighted by Gasteiger charge is -2.17. The molecule has 0 aliphatic carbocycles. The Morgan fingerprint density at radius 3 is 2.43 bits per heavy atom. The number of anilines is 2. The first-order valence-electron chi connectivity index (χ1n) is 9.32. The van der Waals surface area contributed by atoms with Gasteiger partial charge in [0.1, 0.15) is 5.75 Å². The summed E-state index contributed by atoms with van der Waals surface area (Å²) < 4.78 is 33.2. The van der Waals surface area contributed by atoms with Gasteiger partial charge in [0.15, 0.2) is 6.10 Å². The van der Waals surface area contributed by atoms with Gasteiger partial charge in [-0.15, -0.1) is 0 Å². The first-order chi connectivity index (χ1) is 14.2. The van der Waals surface area contributed by atoms with Crippen molar-refractivity contribution < 1.29 is 17.9 Å². The molecule has 30 heavy (non-hydrogen) atoms. The third kappa shape index (κ3) is 5.36. The summed E-state index contributed by atoms with van der Waals surface area (Å²) in [4.78, 5) is 16.4. The molecule has 2 N–H and O–H groups in total. The molecule has 1 aromatic heterocycles. The van der Waals surface area contributed by atoms with E-state index in [1.165, 1.54) is 30.5 Å². The zero-order valence-corrected chi connectivity index (χ0v) is 17.7. The summed E-state index contributed by atoms with van der Waals surface area (Å²) in [6, 6.07) is 14.9. The van der Waals surface area contributed by atoms with Gasteiger partial charge in [-0.05, 0) is 74.4 Å². The number of nitrogens with zero attached hydrogens (tertiary/aromatic N) is 1. The number of sulfonamides is 1. The molecular formula is C22H23N3O4S. The Hall–Kier alpha value is -3.39. The number of amides is 1. The van der Waals surface area contributed by atoms with Crippen LogP contribution in [0.5, 0.6) is 5.75 Å². The molecule has 1 amide bonds. The predicted octanol–water partition coefficient (Wildman–Crippen LogP) is 3.91. The number of carbonyl (C=O) groups excluding carboxylic acids is 1. The number of hydrogen-bond donors (Lipinski definition) is 2. The second-order valence-electron chi connectivity index (χ2n) is 6.89. The minimum Gasteiger partial charge on any atom is -0.481 e. The van der Waals surface area contributed by atoms with Gasteiger partial charge in [-0.25, -0.2) is 8.42 Å². The van der Waals surface area contributed by atoms with Gasteiger partial charge in [0.2, 0.25) is 0 Å². The molecule has 1 heterocycles. The number of hydrogen-bond acceptors (Lipinski definition) is 5. The van der Waals surface area contributed by atoms with Gasteiger partial charge < -0.3 is 10.1 Å². The number of benzene rings is 2. The molecule has 0 fully saturated rings. The lowest BCUT2D eigenvalue weighted by atomic mass is 10.1. The molecule has 0 saturated heterocycles. The van der Waals surface area contributed by atoms with Crippen molar-refractivity contribution in [1.82, 2.24) is 4.98 Å². The zero-order chi connectivity index (χ0) is 21.7. The molecule has 7 nitrogen and oxygen atoms in total. The normalized spacial score (nSPS) is 12.1. The first-order valence-corrected chi connectivity index (χ1v) is 10.8. The minimum absolute atomic E-state index is 0.0732. The molecule has 1 atom stereocenters. The van der Waals surface area contributed by atoms with Crippen molar-refractivity contribution in [3.05, 3.63) is 78.1 Å². The highest BCUT2D eigenvalue weighted by Gasteiger charge is 2.18. The summed E-state index contributed by atoms with van der Waals surface area (Å²) in [5.41, 5.74) is 2.82. The smallest absolute Gasteiger partial charge is 0.265 e. The maximum absolute atomic E-state index is 12.5. The van der Waals surface area contributed by atoms with E-state index >= 15 is 0 Å². The van der Waals surface area contributed by atoms with E-state index in [1.807, 2.05) is 32.0 Å². The van der Waals surface area contributed by atoms with Crippen molar-refractivity contribution in [2.24, 2.45) is 0 Å². The van der Waals surface area contributed by atoms with Crippen LogP contribution in [0.2, 0.25) is 0 Å². The summed E-state index contributed by atoms with van der Waals surface area (Å²) in [5.74, 6) is 0.320. The molecule has 8 heteroatoms. The van der Waals surface area contributed by atoms with E-state index in [4.69, 9.17) is 4.74 Å². The molecule has 156 valence electrons.